The molecule has 2 aromatic heterocycles. The van der Waals surface area contributed by atoms with Crippen LogP contribution in [0.3, 0.4) is 0 Å². The number of amides is 1. The first kappa shape index (κ1) is 16.3. The van der Waals surface area contributed by atoms with E-state index in [1.807, 2.05) is 0 Å². The van der Waals surface area contributed by atoms with Gasteiger partial charge in [0.05, 0.1) is 6.20 Å². The van der Waals surface area contributed by atoms with Crippen molar-refractivity contribution in [3.63, 3.8) is 0 Å². The van der Waals surface area contributed by atoms with E-state index >= 15 is 0 Å². The molecule has 7 heteroatoms. The van der Waals surface area contributed by atoms with E-state index < -0.39 is 5.56 Å². The minimum Gasteiger partial charge on any atom is -0.352 e. The Morgan fingerprint density at radius 1 is 1.46 bits per heavy atom. The number of likely N-dealkylation sites (tertiary alicyclic amines) is 1. The third kappa shape index (κ3) is 3.86. The molecule has 0 aromatic carbocycles. The van der Waals surface area contributed by atoms with Crippen LogP contribution in [0.5, 0.6) is 0 Å². The summed E-state index contributed by atoms with van der Waals surface area (Å²) in [5, 5.41) is 2.81. The molecule has 1 saturated heterocycles. The number of rotatable bonds is 5. The van der Waals surface area contributed by atoms with Crippen LogP contribution in [-0.2, 0) is 6.54 Å². The van der Waals surface area contributed by atoms with Crippen molar-refractivity contribution in [3.8, 4) is 0 Å². The van der Waals surface area contributed by atoms with Crippen molar-refractivity contribution in [2.45, 2.75) is 13.0 Å². The van der Waals surface area contributed by atoms with Crippen molar-refractivity contribution in [3.05, 3.63) is 64.1 Å². The summed E-state index contributed by atoms with van der Waals surface area (Å²) in [7, 11) is 0. The van der Waals surface area contributed by atoms with Gasteiger partial charge in [-0.3, -0.25) is 19.5 Å². The van der Waals surface area contributed by atoms with E-state index in [4.69, 9.17) is 0 Å². The summed E-state index contributed by atoms with van der Waals surface area (Å²) in [6, 6.07) is 4.81. The molecule has 3 rings (SSSR count). The molecule has 1 amide bonds. The SMILES string of the molecule is O=C(NC[C@H]1CCN(Cc2ccncc2F)C1)c1ccc[nH]c1=O. The quantitative estimate of drug-likeness (QED) is 0.862. The fourth-order valence-corrected chi connectivity index (χ4v) is 2.93. The molecule has 0 unspecified atom stereocenters. The predicted molar refractivity (Wildman–Crippen MR) is 87.0 cm³/mol. The molecule has 24 heavy (non-hydrogen) atoms. The van der Waals surface area contributed by atoms with Gasteiger partial charge in [-0.2, -0.15) is 0 Å². The van der Waals surface area contributed by atoms with Crippen molar-refractivity contribution in [1.29, 1.82) is 0 Å². The van der Waals surface area contributed by atoms with Crippen molar-refractivity contribution in [2.75, 3.05) is 19.6 Å². The number of H-pyrrole nitrogens is 1. The van der Waals surface area contributed by atoms with E-state index in [0.717, 1.165) is 19.5 Å². The van der Waals surface area contributed by atoms with E-state index in [0.29, 0.717) is 24.6 Å². The number of halogens is 1. The summed E-state index contributed by atoms with van der Waals surface area (Å²) in [4.78, 5) is 32.0. The van der Waals surface area contributed by atoms with Gasteiger partial charge in [0.1, 0.15) is 11.4 Å². The molecule has 0 radical (unpaired) electrons. The zero-order chi connectivity index (χ0) is 16.9. The summed E-state index contributed by atoms with van der Waals surface area (Å²) in [5.41, 5.74) is 0.355. The van der Waals surface area contributed by atoms with E-state index in [9.17, 15) is 14.0 Å². The van der Waals surface area contributed by atoms with Gasteiger partial charge in [0, 0.05) is 37.6 Å². The van der Waals surface area contributed by atoms with Gasteiger partial charge in [0.15, 0.2) is 0 Å². The lowest BCUT2D eigenvalue weighted by Gasteiger charge is -2.16. The molecule has 0 bridgehead atoms. The lowest BCUT2D eigenvalue weighted by atomic mass is 10.1. The van der Waals surface area contributed by atoms with Gasteiger partial charge in [0.25, 0.3) is 11.5 Å². The fraction of sp³-hybridized carbons (Fsp3) is 0.353. The highest BCUT2D eigenvalue weighted by Gasteiger charge is 2.24. The Morgan fingerprint density at radius 3 is 3.12 bits per heavy atom. The van der Waals surface area contributed by atoms with Crippen LogP contribution in [0.15, 0.2) is 41.6 Å². The maximum Gasteiger partial charge on any atom is 0.260 e. The van der Waals surface area contributed by atoms with Crippen molar-refractivity contribution in [2.24, 2.45) is 5.92 Å². The number of hydrogen-bond donors (Lipinski definition) is 2. The highest BCUT2D eigenvalue weighted by atomic mass is 19.1. The monoisotopic (exact) mass is 330 g/mol. The topological polar surface area (TPSA) is 78.1 Å². The third-order valence-corrected chi connectivity index (χ3v) is 4.23. The van der Waals surface area contributed by atoms with Crippen LogP contribution in [0.2, 0.25) is 0 Å². The summed E-state index contributed by atoms with van der Waals surface area (Å²) in [5.74, 6) is -0.366. The molecule has 3 heterocycles. The third-order valence-electron chi connectivity index (χ3n) is 4.23. The first-order valence-corrected chi connectivity index (χ1v) is 7.90. The largest absolute Gasteiger partial charge is 0.352 e. The summed E-state index contributed by atoms with van der Waals surface area (Å²) in [6.07, 6.45) is 5.23. The molecule has 1 fully saturated rings. The van der Waals surface area contributed by atoms with Crippen LogP contribution in [0.1, 0.15) is 22.3 Å². The number of hydrogen-bond acceptors (Lipinski definition) is 4. The highest BCUT2D eigenvalue weighted by Crippen LogP contribution is 2.19. The molecule has 126 valence electrons. The molecular weight excluding hydrogens is 311 g/mol. The number of carbonyl (C=O) groups excluding carboxylic acids is 1. The average molecular weight is 330 g/mol. The lowest BCUT2D eigenvalue weighted by molar-refractivity contribution is 0.0945. The maximum atomic E-state index is 13.6. The van der Waals surface area contributed by atoms with Crippen LogP contribution in [0, 0.1) is 11.7 Å². The minimum absolute atomic E-state index is 0.117. The molecule has 0 spiro atoms. The average Bonchev–Trinajstić information content (AvgIpc) is 3.03. The molecule has 6 nitrogen and oxygen atoms in total. The van der Waals surface area contributed by atoms with Gasteiger partial charge >= 0.3 is 0 Å². The molecule has 2 aromatic rings. The second kappa shape index (κ2) is 7.35. The maximum absolute atomic E-state index is 13.6. The molecular formula is C17H19FN4O2. The first-order chi connectivity index (χ1) is 11.6. The minimum atomic E-state index is -0.392. The van der Waals surface area contributed by atoms with E-state index in [1.165, 1.54) is 18.5 Å². The second-order valence-corrected chi connectivity index (χ2v) is 5.98. The first-order valence-electron chi connectivity index (χ1n) is 7.90. The standard InChI is InChI=1S/C17H19FN4O2/c18-15-9-19-6-3-13(15)11-22-7-4-12(10-22)8-21-17(24)14-2-1-5-20-16(14)23/h1-3,5-6,9,12H,4,7-8,10-11H2,(H,20,23)(H,21,24)/t12-/m1/s1. The molecule has 2 N–H and O–H groups in total. The zero-order valence-electron chi connectivity index (χ0n) is 13.2. The van der Waals surface area contributed by atoms with Gasteiger partial charge in [-0.05, 0) is 37.1 Å². The van der Waals surface area contributed by atoms with Crippen molar-refractivity contribution in [1.82, 2.24) is 20.2 Å². The van der Waals surface area contributed by atoms with Crippen molar-refractivity contribution >= 4 is 5.91 Å². The van der Waals surface area contributed by atoms with E-state index in [-0.39, 0.29) is 17.3 Å². The molecule has 0 saturated carbocycles. The van der Waals surface area contributed by atoms with Crippen molar-refractivity contribution < 1.29 is 9.18 Å². The molecule has 1 aliphatic rings. The van der Waals surface area contributed by atoms with Crippen LogP contribution < -0.4 is 10.9 Å². The van der Waals surface area contributed by atoms with Crippen LogP contribution in [-0.4, -0.2) is 40.4 Å². The predicted octanol–water partition coefficient (Wildman–Crippen LogP) is 1.16. The summed E-state index contributed by atoms with van der Waals surface area (Å²) < 4.78 is 13.6. The summed E-state index contributed by atoms with van der Waals surface area (Å²) >= 11 is 0. The van der Waals surface area contributed by atoms with Crippen LogP contribution in [0.25, 0.3) is 0 Å². The Bertz CT molecular complexity index is 777. The zero-order valence-corrected chi connectivity index (χ0v) is 13.2. The summed E-state index contributed by atoms with van der Waals surface area (Å²) in [6.45, 7) is 2.68. The number of nitrogens with one attached hydrogen (secondary N) is 2. The lowest BCUT2D eigenvalue weighted by Crippen LogP contribution is -2.34. The Hall–Kier alpha value is -2.54. The smallest absolute Gasteiger partial charge is 0.260 e. The molecule has 1 atom stereocenters. The van der Waals surface area contributed by atoms with Gasteiger partial charge in [-0.25, -0.2) is 4.39 Å². The Labute approximate surface area is 138 Å². The van der Waals surface area contributed by atoms with Crippen LogP contribution >= 0.6 is 0 Å². The van der Waals surface area contributed by atoms with Gasteiger partial charge in [-0.15, -0.1) is 0 Å². The van der Waals surface area contributed by atoms with Gasteiger partial charge < -0.3 is 10.3 Å². The van der Waals surface area contributed by atoms with E-state index in [2.05, 4.69) is 20.2 Å². The van der Waals surface area contributed by atoms with Crippen LogP contribution in [0.4, 0.5) is 4.39 Å². The highest BCUT2D eigenvalue weighted by molar-refractivity contribution is 5.93. The number of carbonyl (C=O) groups is 1. The number of aromatic amines is 1. The fourth-order valence-electron chi connectivity index (χ4n) is 2.93. The number of aromatic nitrogens is 2. The second-order valence-electron chi connectivity index (χ2n) is 5.98. The molecule has 1 aliphatic heterocycles. The normalized spacial score (nSPS) is 17.8. The number of nitrogens with zero attached hydrogens (tertiary/aromatic N) is 2. The van der Waals surface area contributed by atoms with E-state index in [1.54, 1.807) is 18.3 Å². The Morgan fingerprint density at radius 2 is 2.33 bits per heavy atom. The van der Waals surface area contributed by atoms with Gasteiger partial charge in [0.2, 0.25) is 0 Å². The number of pyridine rings is 2. The molecule has 0 aliphatic carbocycles. The Kier molecular flexibility index (Phi) is 5.00. The Balaban J connectivity index is 1.50. The van der Waals surface area contributed by atoms with Gasteiger partial charge in [-0.1, -0.05) is 0 Å².